The van der Waals surface area contributed by atoms with E-state index in [0.717, 1.165) is 22.3 Å². The zero-order valence-electron chi connectivity index (χ0n) is 13.1. The second kappa shape index (κ2) is 6.82. The van der Waals surface area contributed by atoms with E-state index in [4.69, 9.17) is 0 Å². The van der Waals surface area contributed by atoms with Gasteiger partial charge in [0.15, 0.2) is 0 Å². The summed E-state index contributed by atoms with van der Waals surface area (Å²) in [7, 11) is 0. The first-order chi connectivity index (χ1) is 11.0. The number of nitrogens with zero attached hydrogens (tertiary/aromatic N) is 2. The molecule has 0 spiro atoms. The Morgan fingerprint density at radius 2 is 2.09 bits per heavy atom. The van der Waals surface area contributed by atoms with E-state index >= 15 is 0 Å². The molecule has 2 atom stereocenters. The van der Waals surface area contributed by atoms with Crippen molar-refractivity contribution >= 4 is 21.8 Å². The van der Waals surface area contributed by atoms with Crippen molar-refractivity contribution in [3.8, 4) is 0 Å². The van der Waals surface area contributed by atoms with Crippen molar-refractivity contribution in [1.29, 1.82) is 0 Å². The number of carbonyl (C=O) groups is 1. The van der Waals surface area contributed by atoms with Gasteiger partial charge in [0.05, 0.1) is 22.0 Å². The van der Waals surface area contributed by atoms with E-state index in [1.165, 1.54) is 5.56 Å². The number of benzene rings is 1. The minimum atomic E-state index is -0.0897. The molecule has 0 aliphatic carbocycles. The predicted octanol–water partition coefficient (Wildman–Crippen LogP) is 1.94. The average Bonchev–Trinajstić information content (AvgIpc) is 3.10. The molecule has 1 saturated heterocycles. The normalized spacial score (nSPS) is 20.7. The second-order valence-corrected chi connectivity index (χ2v) is 6.54. The second-order valence-electron chi connectivity index (χ2n) is 5.75. The van der Waals surface area contributed by atoms with E-state index in [0.29, 0.717) is 0 Å². The number of aryl methyl sites for hydroxylation is 1. The maximum Gasteiger partial charge on any atom is 0.242 e. The summed E-state index contributed by atoms with van der Waals surface area (Å²) in [6.07, 6.45) is 0.712. The van der Waals surface area contributed by atoms with Crippen molar-refractivity contribution in [2.45, 2.75) is 39.0 Å². The largest absolute Gasteiger partial charge is 0.338 e. The SMILES string of the molecule is Cc1nn(CC(=O)NC2CC(c3ccccc3)NN2)c(C)c1Br. The third-order valence-electron chi connectivity index (χ3n) is 4.03. The van der Waals surface area contributed by atoms with Crippen LogP contribution in [0.15, 0.2) is 34.8 Å². The topological polar surface area (TPSA) is 71.0 Å². The van der Waals surface area contributed by atoms with Gasteiger partial charge < -0.3 is 5.32 Å². The zero-order chi connectivity index (χ0) is 16.4. The van der Waals surface area contributed by atoms with Gasteiger partial charge >= 0.3 is 0 Å². The summed E-state index contributed by atoms with van der Waals surface area (Å²) in [5, 5.41) is 7.35. The van der Waals surface area contributed by atoms with Crippen LogP contribution in [0.25, 0.3) is 0 Å². The summed E-state index contributed by atoms with van der Waals surface area (Å²) in [6.45, 7) is 4.07. The van der Waals surface area contributed by atoms with Gasteiger partial charge in [-0.2, -0.15) is 5.10 Å². The Labute approximate surface area is 143 Å². The van der Waals surface area contributed by atoms with Crippen LogP contribution in [0.1, 0.15) is 29.4 Å². The minimum absolute atomic E-state index is 0.0592. The highest BCUT2D eigenvalue weighted by molar-refractivity contribution is 9.10. The zero-order valence-corrected chi connectivity index (χ0v) is 14.7. The first-order valence-corrected chi connectivity index (χ1v) is 8.38. The molecule has 1 aromatic carbocycles. The smallest absolute Gasteiger partial charge is 0.242 e. The Morgan fingerprint density at radius 3 is 2.74 bits per heavy atom. The molecule has 2 aromatic rings. The summed E-state index contributed by atoms with van der Waals surface area (Å²) >= 11 is 3.47. The van der Waals surface area contributed by atoms with Gasteiger partial charge in [0, 0.05) is 12.5 Å². The standard InChI is InChI=1S/C16H20BrN5O/c1-10-16(17)11(2)22(21-10)9-15(23)18-14-8-13(19-20-14)12-6-4-3-5-7-12/h3-7,13-14,19-20H,8-9H2,1-2H3,(H,18,23). The molecule has 1 aliphatic heterocycles. The van der Waals surface area contributed by atoms with Crippen LogP contribution < -0.4 is 16.2 Å². The lowest BCUT2D eigenvalue weighted by atomic mass is 10.0. The van der Waals surface area contributed by atoms with E-state index in [1.54, 1.807) is 4.68 Å². The number of hydrazine groups is 1. The molecule has 122 valence electrons. The summed E-state index contributed by atoms with van der Waals surface area (Å²) in [5.74, 6) is -0.0592. The molecule has 0 saturated carbocycles. The van der Waals surface area contributed by atoms with Crippen molar-refractivity contribution in [3.63, 3.8) is 0 Å². The van der Waals surface area contributed by atoms with E-state index in [9.17, 15) is 4.79 Å². The molecule has 1 amide bonds. The molecule has 6 nitrogen and oxygen atoms in total. The van der Waals surface area contributed by atoms with Gasteiger partial charge in [0.1, 0.15) is 6.54 Å². The van der Waals surface area contributed by atoms with Crippen molar-refractivity contribution in [1.82, 2.24) is 25.9 Å². The maximum absolute atomic E-state index is 12.2. The van der Waals surface area contributed by atoms with Crippen molar-refractivity contribution in [2.75, 3.05) is 0 Å². The number of aromatic nitrogens is 2. The lowest BCUT2D eigenvalue weighted by Gasteiger charge is -2.13. The number of halogens is 1. The third kappa shape index (κ3) is 3.63. The molecule has 3 N–H and O–H groups in total. The quantitative estimate of drug-likeness (QED) is 0.761. The summed E-state index contributed by atoms with van der Waals surface area (Å²) in [6, 6.07) is 10.4. The Kier molecular flexibility index (Phi) is 4.79. The van der Waals surface area contributed by atoms with Crippen LogP contribution in [-0.2, 0) is 11.3 Å². The molecule has 7 heteroatoms. The molecule has 2 unspecified atom stereocenters. The first-order valence-electron chi connectivity index (χ1n) is 7.59. The Hall–Kier alpha value is -1.70. The number of carbonyl (C=O) groups excluding carboxylic acids is 1. The van der Waals surface area contributed by atoms with Crippen molar-refractivity contribution < 1.29 is 4.79 Å². The van der Waals surface area contributed by atoms with Crippen molar-refractivity contribution in [2.24, 2.45) is 0 Å². The summed E-state index contributed by atoms with van der Waals surface area (Å²) in [5.41, 5.74) is 9.41. The highest BCUT2D eigenvalue weighted by atomic mass is 79.9. The van der Waals surface area contributed by atoms with E-state index in [2.05, 4.69) is 49.3 Å². The van der Waals surface area contributed by atoms with Crippen LogP contribution in [0.3, 0.4) is 0 Å². The van der Waals surface area contributed by atoms with Crippen LogP contribution in [0, 0.1) is 13.8 Å². The van der Waals surface area contributed by atoms with Crippen molar-refractivity contribution in [3.05, 3.63) is 51.8 Å². The van der Waals surface area contributed by atoms with Crippen LogP contribution in [-0.4, -0.2) is 21.9 Å². The highest BCUT2D eigenvalue weighted by Crippen LogP contribution is 2.21. The molecule has 23 heavy (non-hydrogen) atoms. The highest BCUT2D eigenvalue weighted by Gasteiger charge is 2.26. The van der Waals surface area contributed by atoms with Gasteiger partial charge in [0.2, 0.25) is 5.91 Å². The number of rotatable bonds is 4. The minimum Gasteiger partial charge on any atom is -0.338 e. The lowest BCUT2D eigenvalue weighted by Crippen LogP contribution is -2.45. The van der Waals surface area contributed by atoms with E-state index in [1.807, 2.05) is 32.0 Å². The summed E-state index contributed by atoms with van der Waals surface area (Å²) in [4.78, 5) is 12.2. The van der Waals surface area contributed by atoms with Gasteiger partial charge in [0.25, 0.3) is 0 Å². The molecule has 2 heterocycles. The lowest BCUT2D eigenvalue weighted by molar-refractivity contribution is -0.122. The third-order valence-corrected chi connectivity index (χ3v) is 5.17. The average molecular weight is 378 g/mol. The Balaban J connectivity index is 1.56. The maximum atomic E-state index is 12.2. The molecular weight excluding hydrogens is 358 g/mol. The molecular formula is C16H20BrN5O. The van der Waals surface area contributed by atoms with E-state index < -0.39 is 0 Å². The van der Waals surface area contributed by atoms with Gasteiger partial charge in [-0.15, -0.1) is 0 Å². The fourth-order valence-corrected chi connectivity index (χ4v) is 3.04. The monoisotopic (exact) mass is 377 g/mol. The van der Waals surface area contributed by atoms with Gasteiger partial charge in [-0.1, -0.05) is 30.3 Å². The molecule has 3 rings (SSSR count). The molecule has 0 bridgehead atoms. The molecule has 1 aromatic heterocycles. The molecule has 1 aliphatic rings. The van der Waals surface area contributed by atoms with Crippen LogP contribution >= 0.6 is 15.9 Å². The fourth-order valence-electron chi connectivity index (χ4n) is 2.76. The predicted molar refractivity (Wildman–Crippen MR) is 91.4 cm³/mol. The number of nitrogens with one attached hydrogen (secondary N) is 3. The fraction of sp³-hybridized carbons (Fsp3) is 0.375. The Morgan fingerprint density at radius 1 is 1.35 bits per heavy atom. The summed E-state index contributed by atoms with van der Waals surface area (Å²) < 4.78 is 2.67. The van der Waals surface area contributed by atoms with Crippen LogP contribution in [0.2, 0.25) is 0 Å². The van der Waals surface area contributed by atoms with E-state index in [-0.39, 0.29) is 24.7 Å². The van der Waals surface area contributed by atoms with Gasteiger partial charge in [-0.05, 0) is 35.3 Å². The van der Waals surface area contributed by atoms with Crippen LogP contribution in [0.4, 0.5) is 0 Å². The number of amides is 1. The first kappa shape index (κ1) is 16.2. The van der Waals surface area contributed by atoms with Gasteiger partial charge in [-0.25, -0.2) is 10.9 Å². The number of hydrogen-bond acceptors (Lipinski definition) is 4. The number of hydrogen-bond donors (Lipinski definition) is 3. The Bertz CT molecular complexity index is 700. The molecule has 0 radical (unpaired) electrons. The van der Waals surface area contributed by atoms with Gasteiger partial charge in [-0.3, -0.25) is 9.48 Å². The molecule has 1 fully saturated rings. The van der Waals surface area contributed by atoms with Crippen LogP contribution in [0.5, 0.6) is 0 Å².